The fraction of sp³-hybridized carbons (Fsp3) is 0.607. The Kier molecular flexibility index (Phi) is 5.49. The van der Waals surface area contributed by atoms with E-state index in [0.717, 1.165) is 54.0 Å². The molecule has 1 heterocycles. The minimum atomic E-state index is -0.426. The third-order valence-corrected chi connectivity index (χ3v) is 10.2. The van der Waals surface area contributed by atoms with Gasteiger partial charge in [0.2, 0.25) is 5.91 Å². The molecule has 33 heavy (non-hydrogen) atoms. The second-order valence-corrected chi connectivity index (χ2v) is 12.0. The van der Waals surface area contributed by atoms with E-state index in [1.807, 2.05) is 37.0 Å². The van der Waals surface area contributed by atoms with Crippen molar-refractivity contribution in [3.8, 4) is 0 Å². The van der Waals surface area contributed by atoms with E-state index >= 15 is 0 Å². The molecular formula is C28H37ClN2O2. The number of halogens is 1. The summed E-state index contributed by atoms with van der Waals surface area (Å²) >= 11 is 6.63. The van der Waals surface area contributed by atoms with Crippen LogP contribution in [0, 0.1) is 28.6 Å². The molecule has 1 N–H and O–H groups in total. The summed E-state index contributed by atoms with van der Waals surface area (Å²) in [5, 5.41) is 12.2. The van der Waals surface area contributed by atoms with Crippen LogP contribution in [0.4, 0.5) is 5.69 Å². The van der Waals surface area contributed by atoms with Gasteiger partial charge >= 0.3 is 0 Å². The molecule has 1 amide bonds. The van der Waals surface area contributed by atoms with E-state index in [1.54, 1.807) is 6.08 Å². The maximum atomic E-state index is 12.3. The molecule has 0 aromatic heterocycles. The number of amides is 1. The largest absolute Gasteiger partial charge is 0.388 e. The molecular weight excluding hydrogens is 432 g/mol. The van der Waals surface area contributed by atoms with Gasteiger partial charge in [0.05, 0.1) is 6.10 Å². The van der Waals surface area contributed by atoms with Gasteiger partial charge in [-0.05, 0) is 79.2 Å². The van der Waals surface area contributed by atoms with E-state index in [2.05, 4.69) is 38.1 Å². The molecule has 1 aliphatic heterocycles. The van der Waals surface area contributed by atoms with Crippen molar-refractivity contribution in [3.05, 3.63) is 46.5 Å². The first-order valence-corrected chi connectivity index (χ1v) is 12.8. The molecule has 0 spiro atoms. The molecule has 0 bridgehead atoms. The minimum Gasteiger partial charge on any atom is -0.388 e. The fourth-order valence-electron chi connectivity index (χ4n) is 7.85. The lowest BCUT2D eigenvalue weighted by Crippen LogP contribution is -2.59. The molecule has 3 saturated carbocycles. The molecule has 0 saturated heterocycles. The van der Waals surface area contributed by atoms with Crippen LogP contribution < -0.4 is 4.90 Å². The Morgan fingerprint density at radius 3 is 2.64 bits per heavy atom. The van der Waals surface area contributed by atoms with Crippen LogP contribution in [0.2, 0.25) is 5.02 Å². The summed E-state index contributed by atoms with van der Waals surface area (Å²) < 4.78 is 0. The van der Waals surface area contributed by atoms with Gasteiger partial charge in [0.15, 0.2) is 0 Å². The van der Waals surface area contributed by atoms with E-state index in [9.17, 15) is 9.90 Å². The predicted molar refractivity (Wildman–Crippen MR) is 135 cm³/mol. The molecule has 1 aromatic rings. The van der Waals surface area contributed by atoms with Crippen molar-refractivity contribution in [1.29, 1.82) is 0 Å². The maximum absolute atomic E-state index is 12.3. The molecule has 3 aliphatic carbocycles. The first-order chi connectivity index (χ1) is 15.6. The molecule has 4 nitrogen and oxygen atoms in total. The molecule has 4 aliphatic rings. The topological polar surface area (TPSA) is 43.8 Å². The van der Waals surface area contributed by atoms with Crippen LogP contribution in [0.15, 0.2) is 35.9 Å². The van der Waals surface area contributed by atoms with E-state index in [0.29, 0.717) is 17.8 Å². The van der Waals surface area contributed by atoms with Crippen molar-refractivity contribution in [2.75, 3.05) is 26.0 Å². The van der Waals surface area contributed by atoms with Gasteiger partial charge in [-0.15, -0.1) is 0 Å². The van der Waals surface area contributed by atoms with Gasteiger partial charge in [-0.3, -0.25) is 4.79 Å². The van der Waals surface area contributed by atoms with Crippen LogP contribution in [0.5, 0.6) is 0 Å². The van der Waals surface area contributed by atoms with Crippen LogP contribution in [-0.4, -0.2) is 49.2 Å². The number of benzene rings is 1. The number of likely N-dealkylation sites (N-methyl/N-ethyl adjacent to an activating group) is 1. The highest BCUT2D eigenvalue weighted by Crippen LogP contribution is 2.65. The van der Waals surface area contributed by atoms with Gasteiger partial charge in [0.1, 0.15) is 0 Å². The third-order valence-electron chi connectivity index (χ3n) is 9.84. The SMILES string of the molecule is CN(C)c1ccc(/C=C2/C[C@H]3[C@@H]4CC[C@H]5N(C)C(=O)C=C[C@]5(C)[C@H]4CC[C@]3(C)[C@H]2O)c(Cl)c1. The summed E-state index contributed by atoms with van der Waals surface area (Å²) in [6.07, 6.45) is 11.0. The summed E-state index contributed by atoms with van der Waals surface area (Å²) in [5.41, 5.74) is 3.12. The second-order valence-electron chi connectivity index (χ2n) is 11.6. The molecule has 5 rings (SSSR count). The van der Waals surface area contributed by atoms with E-state index < -0.39 is 6.10 Å². The number of anilines is 1. The Balaban J connectivity index is 1.46. The molecule has 0 unspecified atom stereocenters. The van der Waals surface area contributed by atoms with E-state index in [-0.39, 0.29) is 22.8 Å². The quantitative estimate of drug-likeness (QED) is 0.632. The van der Waals surface area contributed by atoms with Crippen molar-refractivity contribution < 1.29 is 9.90 Å². The van der Waals surface area contributed by atoms with Crippen molar-refractivity contribution in [2.45, 2.75) is 58.1 Å². The van der Waals surface area contributed by atoms with Gasteiger partial charge in [0.25, 0.3) is 0 Å². The van der Waals surface area contributed by atoms with Crippen LogP contribution in [0.3, 0.4) is 0 Å². The number of fused-ring (bicyclic) bond motifs is 5. The van der Waals surface area contributed by atoms with Crippen LogP contribution in [0.25, 0.3) is 6.08 Å². The number of aliphatic hydroxyl groups excluding tert-OH is 1. The lowest BCUT2D eigenvalue weighted by atomic mass is 9.48. The van der Waals surface area contributed by atoms with E-state index in [4.69, 9.17) is 11.6 Å². The number of carbonyl (C=O) groups excluding carboxylic acids is 1. The fourth-order valence-corrected chi connectivity index (χ4v) is 8.08. The lowest BCUT2D eigenvalue weighted by Gasteiger charge is -2.59. The Morgan fingerprint density at radius 1 is 1.18 bits per heavy atom. The number of hydrogen-bond donors (Lipinski definition) is 1. The van der Waals surface area contributed by atoms with Crippen LogP contribution in [0.1, 0.15) is 51.5 Å². The number of rotatable bonds is 2. The molecule has 0 radical (unpaired) electrons. The molecule has 3 fully saturated rings. The summed E-state index contributed by atoms with van der Waals surface area (Å²) in [5.74, 6) is 1.72. The Morgan fingerprint density at radius 2 is 1.94 bits per heavy atom. The molecule has 178 valence electrons. The zero-order valence-corrected chi connectivity index (χ0v) is 21.3. The number of carbonyl (C=O) groups is 1. The average molecular weight is 469 g/mol. The van der Waals surface area contributed by atoms with Crippen LogP contribution >= 0.6 is 11.6 Å². The van der Waals surface area contributed by atoms with E-state index in [1.165, 1.54) is 0 Å². The summed E-state index contributed by atoms with van der Waals surface area (Å²) in [4.78, 5) is 16.3. The number of nitrogens with zero attached hydrogens (tertiary/aromatic N) is 2. The zero-order valence-electron chi connectivity index (χ0n) is 20.5. The third kappa shape index (κ3) is 3.39. The van der Waals surface area contributed by atoms with Gasteiger partial charge in [-0.25, -0.2) is 0 Å². The van der Waals surface area contributed by atoms with Gasteiger partial charge in [-0.1, -0.05) is 43.7 Å². The van der Waals surface area contributed by atoms with Crippen LogP contribution in [-0.2, 0) is 4.79 Å². The van der Waals surface area contributed by atoms with Crippen molar-refractivity contribution in [2.24, 2.45) is 28.6 Å². The summed E-state index contributed by atoms with van der Waals surface area (Å²) in [7, 11) is 5.99. The Hall–Kier alpha value is -1.78. The summed E-state index contributed by atoms with van der Waals surface area (Å²) in [6.45, 7) is 4.67. The van der Waals surface area contributed by atoms with Crippen molar-refractivity contribution in [1.82, 2.24) is 4.90 Å². The Bertz CT molecular complexity index is 1030. The molecule has 7 atom stereocenters. The maximum Gasteiger partial charge on any atom is 0.246 e. The smallest absolute Gasteiger partial charge is 0.246 e. The number of aliphatic hydroxyl groups is 1. The highest BCUT2D eigenvalue weighted by atomic mass is 35.5. The standard InChI is InChI=1S/C28H37ClN2O2/c1-27-13-11-25(32)31(5)24(27)9-8-20-21(27)10-12-28(2)22(20)15-18(26(28)33)14-17-6-7-19(30(3)4)16-23(17)29/h6-7,11,13-14,16,20-22,24,26,33H,8-10,12,15H2,1-5H3/b18-14-/t20-,21+,22+,24-,26+,27-,28+/m1/s1. The van der Waals surface area contributed by atoms with Gasteiger partial charge in [0, 0.05) is 48.7 Å². The first kappa shape index (κ1) is 23.0. The Labute approximate surface area is 203 Å². The minimum absolute atomic E-state index is 0.0235. The monoisotopic (exact) mass is 468 g/mol. The first-order valence-electron chi connectivity index (χ1n) is 12.4. The molecule has 5 heteroatoms. The highest BCUT2D eigenvalue weighted by molar-refractivity contribution is 6.32. The average Bonchev–Trinajstić information content (AvgIpc) is 3.03. The normalized spacial score (nSPS) is 41.1. The zero-order chi connectivity index (χ0) is 23.7. The highest BCUT2D eigenvalue weighted by Gasteiger charge is 2.61. The molecule has 1 aromatic carbocycles. The summed E-state index contributed by atoms with van der Waals surface area (Å²) in [6, 6.07) is 6.43. The van der Waals surface area contributed by atoms with Crippen molar-refractivity contribution in [3.63, 3.8) is 0 Å². The van der Waals surface area contributed by atoms with Crippen molar-refractivity contribution >= 4 is 29.3 Å². The van der Waals surface area contributed by atoms with Gasteiger partial charge in [-0.2, -0.15) is 0 Å². The van der Waals surface area contributed by atoms with Gasteiger partial charge < -0.3 is 14.9 Å². The lowest BCUT2D eigenvalue weighted by molar-refractivity contribution is -0.140. The second kappa shape index (κ2) is 7.88. The number of hydrogen-bond acceptors (Lipinski definition) is 3. The predicted octanol–water partition coefficient (Wildman–Crippen LogP) is 5.40.